The number of anilines is 1. The van der Waals surface area contributed by atoms with Gasteiger partial charge in [0.1, 0.15) is 5.82 Å². The lowest BCUT2D eigenvalue weighted by Gasteiger charge is -2.10. The van der Waals surface area contributed by atoms with Crippen molar-refractivity contribution in [2.45, 2.75) is 6.54 Å². The quantitative estimate of drug-likeness (QED) is 0.772. The second-order valence-electron chi connectivity index (χ2n) is 5.05. The predicted octanol–water partition coefficient (Wildman–Crippen LogP) is 4.12. The summed E-state index contributed by atoms with van der Waals surface area (Å²) >= 11 is 6.12. The number of amides is 1. The molecule has 0 aliphatic heterocycles. The molecule has 4 nitrogen and oxygen atoms in total. The lowest BCUT2D eigenvalue weighted by molar-refractivity contribution is 0.102. The molecule has 0 saturated carbocycles. The highest BCUT2D eigenvalue weighted by molar-refractivity contribution is 6.31. The van der Waals surface area contributed by atoms with Crippen molar-refractivity contribution in [2.75, 3.05) is 5.32 Å². The van der Waals surface area contributed by atoms with Gasteiger partial charge in [0, 0.05) is 16.7 Å². The average Bonchev–Trinajstić information content (AvgIpc) is 2.99. The summed E-state index contributed by atoms with van der Waals surface area (Å²) in [5.41, 5.74) is 0.852. The van der Waals surface area contributed by atoms with Crippen LogP contribution >= 0.6 is 11.6 Å². The van der Waals surface area contributed by atoms with Crippen LogP contribution < -0.4 is 5.32 Å². The standard InChI is InChI=1S/C17H12ClF2N3O/c18-13-4-2-1-3-12(13)10-23-16(7-8-21-23)22-17(24)11-5-6-14(19)15(20)9-11/h1-9H,10H2,(H,22,24). The number of hydrogen-bond donors (Lipinski definition) is 1. The zero-order valence-corrected chi connectivity index (χ0v) is 13.1. The molecule has 2 aromatic carbocycles. The third-order valence-corrected chi connectivity index (χ3v) is 3.79. The van der Waals surface area contributed by atoms with E-state index >= 15 is 0 Å². The topological polar surface area (TPSA) is 46.9 Å². The number of hydrogen-bond acceptors (Lipinski definition) is 2. The van der Waals surface area contributed by atoms with E-state index in [-0.39, 0.29) is 5.56 Å². The molecule has 0 saturated heterocycles. The summed E-state index contributed by atoms with van der Waals surface area (Å²) in [4.78, 5) is 12.2. The second-order valence-corrected chi connectivity index (χ2v) is 5.46. The van der Waals surface area contributed by atoms with E-state index in [1.165, 1.54) is 12.3 Å². The first kappa shape index (κ1) is 16.1. The van der Waals surface area contributed by atoms with Crippen LogP contribution in [0.4, 0.5) is 14.6 Å². The number of carbonyl (C=O) groups excluding carboxylic acids is 1. The van der Waals surface area contributed by atoms with E-state index in [1.807, 2.05) is 18.2 Å². The third-order valence-electron chi connectivity index (χ3n) is 3.42. The zero-order valence-electron chi connectivity index (χ0n) is 12.3. The van der Waals surface area contributed by atoms with Crippen molar-refractivity contribution < 1.29 is 13.6 Å². The number of benzene rings is 2. The third kappa shape index (κ3) is 3.44. The lowest BCUT2D eigenvalue weighted by atomic mass is 10.2. The Bertz CT molecular complexity index is 895. The first-order valence-corrected chi connectivity index (χ1v) is 7.44. The summed E-state index contributed by atoms with van der Waals surface area (Å²) in [5.74, 6) is -2.22. The van der Waals surface area contributed by atoms with Crippen molar-refractivity contribution in [2.24, 2.45) is 0 Å². The van der Waals surface area contributed by atoms with Crippen LogP contribution in [0.5, 0.6) is 0 Å². The van der Waals surface area contributed by atoms with E-state index < -0.39 is 17.5 Å². The summed E-state index contributed by atoms with van der Waals surface area (Å²) in [6, 6.07) is 11.9. The number of nitrogens with one attached hydrogen (secondary N) is 1. The Balaban J connectivity index is 1.79. The summed E-state index contributed by atoms with van der Waals surface area (Å²) in [6.07, 6.45) is 1.53. The highest BCUT2D eigenvalue weighted by Gasteiger charge is 2.13. The molecule has 3 rings (SSSR count). The van der Waals surface area contributed by atoms with Gasteiger partial charge in [-0.05, 0) is 29.8 Å². The van der Waals surface area contributed by atoms with Crippen molar-refractivity contribution >= 4 is 23.3 Å². The normalized spacial score (nSPS) is 10.6. The zero-order chi connectivity index (χ0) is 17.1. The van der Waals surface area contributed by atoms with Crippen LogP contribution in [-0.2, 0) is 6.54 Å². The van der Waals surface area contributed by atoms with Gasteiger partial charge in [0.05, 0.1) is 12.7 Å². The maximum Gasteiger partial charge on any atom is 0.256 e. The Hall–Kier alpha value is -2.73. The van der Waals surface area contributed by atoms with Gasteiger partial charge in [-0.3, -0.25) is 4.79 Å². The molecule has 1 amide bonds. The second kappa shape index (κ2) is 6.80. The fraction of sp³-hybridized carbons (Fsp3) is 0.0588. The van der Waals surface area contributed by atoms with E-state index in [0.717, 1.165) is 17.7 Å². The van der Waals surface area contributed by atoms with Gasteiger partial charge in [-0.15, -0.1) is 0 Å². The Labute approximate surface area is 141 Å². The highest BCUT2D eigenvalue weighted by atomic mass is 35.5. The van der Waals surface area contributed by atoms with Gasteiger partial charge in [0.25, 0.3) is 5.91 Å². The highest BCUT2D eigenvalue weighted by Crippen LogP contribution is 2.18. The van der Waals surface area contributed by atoms with Crippen LogP contribution in [0, 0.1) is 11.6 Å². The molecule has 0 fully saturated rings. The van der Waals surface area contributed by atoms with E-state index in [2.05, 4.69) is 10.4 Å². The summed E-state index contributed by atoms with van der Waals surface area (Å²) in [5, 5.41) is 7.35. The molecule has 1 heterocycles. The van der Waals surface area contributed by atoms with Crippen molar-refractivity contribution in [3.63, 3.8) is 0 Å². The Kier molecular flexibility index (Phi) is 4.57. The molecule has 1 aromatic heterocycles. The SMILES string of the molecule is O=C(Nc1ccnn1Cc1ccccc1Cl)c1ccc(F)c(F)c1. The van der Waals surface area contributed by atoms with Crippen LogP contribution in [0.2, 0.25) is 5.02 Å². The molecule has 1 N–H and O–H groups in total. The minimum absolute atomic E-state index is 0.0133. The molecule has 0 bridgehead atoms. The lowest BCUT2D eigenvalue weighted by Crippen LogP contribution is -2.16. The van der Waals surface area contributed by atoms with Gasteiger partial charge < -0.3 is 5.32 Å². The Morgan fingerprint density at radius 1 is 1.12 bits per heavy atom. The van der Waals surface area contributed by atoms with E-state index in [1.54, 1.807) is 16.8 Å². The first-order chi connectivity index (χ1) is 11.5. The van der Waals surface area contributed by atoms with Crippen LogP contribution in [0.3, 0.4) is 0 Å². The number of halogens is 3. The predicted molar refractivity (Wildman–Crippen MR) is 87.1 cm³/mol. The molecule has 0 radical (unpaired) electrons. The first-order valence-electron chi connectivity index (χ1n) is 7.06. The molecule has 0 aliphatic carbocycles. The number of nitrogens with zero attached hydrogens (tertiary/aromatic N) is 2. The van der Waals surface area contributed by atoms with Gasteiger partial charge in [-0.25, -0.2) is 13.5 Å². The molecular formula is C17H12ClF2N3O. The molecule has 24 heavy (non-hydrogen) atoms. The molecule has 0 unspecified atom stereocenters. The van der Waals surface area contributed by atoms with Gasteiger partial charge in [-0.2, -0.15) is 5.10 Å². The van der Waals surface area contributed by atoms with Crippen molar-refractivity contribution in [3.8, 4) is 0 Å². The van der Waals surface area contributed by atoms with Crippen LogP contribution in [0.15, 0.2) is 54.7 Å². The summed E-state index contributed by atoms with van der Waals surface area (Å²) < 4.78 is 27.7. The number of aromatic nitrogens is 2. The maximum atomic E-state index is 13.2. The van der Waals surface area contributed by atoms with E-state index in [4.69, 9.17) is 11.6 Å². The molecular weight excluding hydrogens is 336 g/mol. The largest absolute Gasteiger partial charge is 0.307 e. The monoisotopic (exact) mass is 347 g/mol. The minimum atomic E-state index is -1.08. The molecule has 0 atom stereocenters. The number of rotatable bonds is 4. The molecule has 122 valence electrons. The molecule has 3 aromatic rings. The van der Waals surface area contributed by atoms with Crippen molar-refractivity contribution in [1.82, 2.24) is 9.78 Å². The van der Waals surface area contributed by atoms with E-state index in [9.17, 15) is 13.6 Å². The molecule has 0 spiro atoms. The smallest absolute Gasteiger partial charge is 0.256 e. The Morgan fingerprint density at radius 3 is 2.67 bits per heavy atom. The number of carbonyl (C=O) groups is 1. The van der Waals surface area contributed by atoms with Crippen LogP contribution in [-0.4, -0.2) is 15.7 Å². The fourth-order valence-corrected chi connectivity index (χ4v) is 2.37. The van der Waals surface area contributed by atoms with Crippen molar-refractivity contribution in [3.05, 3.63) is 82.5 Å². The average molecular weight is 348 g/mol. The molecule has 0 aliphatic rings. The van der Waals surface area contributed by atoms with Crippen molar-refractivity contribution in [1.29, 1.82) is 0 Å². The van der Waals surface area contributed by atoms with Crippen LogP contribution in [0.1, 0.15) is 15.9 Å². The Morgan fingerprint density at radius 2 is 1.92 bits per heavy atom. The van der Waals surface area contributed by atoms with Gasteiger partial charge in [0.15, 0.2) is 11.6 Å². The van der Waals surface area contributed by atoms with Gasteiger partial charge >= 0.3 is 0 Å². The van der Waals surface area contributed by atoms with Gasteiger partial charge in [0.2, 0.25) is 0 Å². The van der Waals surface area contributed by atoms with E-state index in [0.29, 0.717) is 17.4 Å². The van der Waals surface area contributed by atoms with Crippen LogP contribution in [0.25, 0.3) is 0 Å². The van der Waals surface area contributed by atoms with Gasteiger partial charge in [-0.1, -0.05) is 29.8 Å². The summed E-state index contributed by atoms with van der Waals surface area (Å²) in [7, 11) is 0. The summed E-state index contributed by atoms with van der Waals surface area (Å²) in [6.45, 7) is 0.361. The fourth-order valence-electron chi connectivity index (χ4n) is 2.18. The minimum Gasteiger partial charge on any atom is -0.307 e. The maximum absolute atomic E-state index is 13.2. The molecule has 7 heteroatoms.